The Morgan fingerprint density at radius 2 is 1.91 bits per heavy atom. The molecule has 0 saturated carbocycles. The lowest BCUT2D eigenvalue weighted by atomic mass is 9.86. The van der Waals surface area contributed by atoms with Crippen LogP contribution in [0.5, 0.6) is 0 Å². The van der Waals surface area contributed by atoms with E-state index in [1.807, 2.05) is 56.1 Å². The number of hydrogen-bond donors (Lipinski definition) is 0. The minimum atomic E-state index is -1.43. The van der Waals surface area contributed by atoms with Gasteiger partial charge in [0.15, 0.2) is 0 Å². The molecule has 33 heavy (non-hydrogen) atoms. The summed E-state index contributed by atoms with van der Waals surface area (Å²) in [5.41, 5.74) is 2.82. The average molecular weight is 465 g/mol. The van der Waals surface area contributed by atoms with E-state index in [9.17, 15) is 9.59 Å². The molecule has 1 saturated heterocycles. The quantitative estimate of drug-likeness (QED) is 0.415. The third-order valence-corrected chi connectivity index (χ3v) is 8.91. The first-order valence-corrected chi connectivity index (χ1v) is 15.4. The molecule has 1 fully saturated rings. The lowest BCUT2D eigenvalue weighted by molar-refractivity contribution is -0.132. The van der Waals surface area contributed by atoms with Crippen LogP contribution in [0.4, 0.5) is 4.79 Å². The summed E-state index contributed by atoms with van der Waals surface area (Å²) in [5.74, 6) is 0.499. The number of likely N-dealkylation sites (tertiary alicyclic amines) is 1. The first kappa shape index (κ1) is 23.6. The molecule has 1 aliphatic carbocycles. The van der Waals surface area contributed by atoms with Crippen LogP contribution in [0.25, 0.3) is 10.9 Å². The molecule has 1 aliphatic heterocycles. The maximum atomic E-state index is 13.0. The number of carbonyl (C=O) groups excluding carboxylic acids is 2. The van der Waals surface area contributed by atoms with Crippen molar-refractivity contribution in [1.29, 1.82) is 0 Å². The fourth-order valence-electron chi connectivity index (χ4n) is 4.99. The normalized spacial score (nSPS) is 19.3. The van der Waals surface area contributed by atoms with Crippen LogP contribution >= 0.6 is 0 Å². The lowest BCUT2D eigenvalue weighted by Crippen LogP contribution is -2.43. The number of piperidine rings is 1. The van der Waals surface area contributed by atoms with E-state index in [0.717, 1.165) is 29.4 Å². The topological polar surface area (TPSA) is 51.5 Å². The van der Waals surface area contributed by atoms with Crippen LogP contribution in [-0.2, 0) is 16.0 Å². The molecule has 4 rings (SSSR count). The average Bonchev–Trinajstić information content (AvgIpc) is 3.09. The molecule has 0 bridgehead atoms. The predicted molar refractivity (Wildman–Crippen MR) is 136 cm³/mol. The predicted octanol–water partition coefficient (Wildman–Crippen LogP) is 5.95. The van der Waals surface area contributed by atoms with Crippen molar-refractivity contribution >= 4 is 31.0 Å². The van der Waals surface area contributed by atoms with Crippen LogP contribution in [0.15, 0.2) is 53.4 Å². The molecule has 0 spiro atoms. The van der Waals surface area contributed by atoms with Crippen molar-refractivity contribution in [2.24, 2.45) is 5.92 Å². The SMILES string of the molecule is CC(C)(C)OC(=O)n1cc(CCN2CC3=C([Si](C)(C)C)CC=CC3CC2=O)c2ccccc21. The number of benzene rings is 1. The number of ether oxygens (including phenoxy) is 1. The molecule has 5 nitrogen and oxygen atoms in total. The zero-order valence-electron chi connectivity index (χ0n) is 20.8. The molecule has 1 aromatic heterocycles. The molecule has 6 heteroatoms. The van der Waals surface area contributed by atoms with Gasteiger partial charge in [-0.15, -0.1) is 0 Å². The van der Waals surface area contributed by atoms with Crippen LogP contribution in [0.2, 0.25) is 19.6 Å². The van der Waals surface area contributed by atoms with Crippen molar-refractivity contribution in [2.75, 3.05) is 13.1 Å². The number of nitrogens with zero attached hydrogens (tertiary/aromatic N) is 2. The van der Waals surface area contributed by atoms with Crippen molar-refractivity contribution in [3.05, 3.63) is 58.9 Å². The Bertz CT molecular complexity index is 1140. The molecule has 1 amide bonds. The Morgan fingerprint density at radius 1 is 1.18 bits per heavy atom. The smallest absolute Gasteiger partial charge is 0.419 e. The van der Waals surface area contributed by atoms with Crippen LogP contribution in [0.3, 0.4) is 0 Å². The van der Waals surface area contributed by atoms with Crippen LogP contribution < -0.4 is 0 Å². The Labute approximate surface area is 198 Å². The second-order valence-electron chi connectivity index (χ2n) is 11.3. The highest BCUT2D eigenvalue weighted by molar-refractivity contribution is 6.83. The van der Waals surface area contributed by atoms with Crippen molar-refractivity contribution in [2.45, 2.75) is 65.3 Å². The molecule has 2 aliphatic rings. The molecule has 1 atom stereocenters. The van der Waals surface area contributed by atoms with Crippen LogP contribution in [0, 0.1) is 5.92 Å². The Balaban J connectivity index is 1.57. The van der Waals surface area contributed by atoms with Gasteiger partial charge in [0.05, 0.1) is 13.6 Å². The highest BCUT2D eigenvalue weighted by Gasteiger charge is 2.35. The third kappa shape index (κ3) is 5.01. The zero-order valence-corrected chi connectivity index (χ0v) is 21.8. The van der Waals surface area contributed by atoms with E-state index in [2.05, 4.69) is 31.8 Å². The summed E-state index contributed by atoms with van der Waals surface area (Å²) in [6, 6.07) is 7.90. The maximum Gasteiger partial charge on any atom is 0.419 e. The van der Waals surface area contributed by atoms with Crippen molar-refractivity contribution in [1.82, 2.24) is 9.47 Å². The minimum absolute atomic E-state index is 0.223. The standard InChI is InChI=1S/C27H36N2O3Si/c1-27(2,3)32-26(31)29-17-20(21-11-7-8-12-23(21)29)14-15-28-18-22-19(16-25(28)30)10-9-13-24(22)33(4,5)6/h7-12,17,19H,13-16,18H2,1-6H3. The summed E-state index contributed by atoms with van der Waals surface area (Å²) >= 11 is 0. The Hall–Kier alpha value is -2.60. The monoisotopic (exact) mass is 464 g/mol. The maximum absolute atomic E-state index is 13.0. The van der Waals surface area contributed by atoms with E-state index in [1.54, 1.807) is 9.76 Å². The van der Waals surface area contributed by atoms with E-state index in [-0.39, 0.29) is 17.9 Å². The highest BCUT2D eigenvalue weighted by atomic mass is 28.3. The summed E-state index contributed by atoms with van der Waals surface area (Å²) in [6.45, 7) is 14.2. The summed E-state index contributed by atoms with van der Waals surface area (Å²) in [6.07, 6.45) is 8.32. The van der Waals surface area contributed by atoms with E-state index >= 15 is 0 Å². The number of allylic oxidation sites excluding steroid dienone is 3. The van der Waals surface area contributed by atoms with E-state index in [0.29, 0.717) is 19.4 Å². The van der Waals surface area contributed by atoms with Crippen LogP contribution in [-0.4, -0.2) is 48.2 Å². The minimum Gasteiger partial charge on any atom is -0.443 e. The molecular formula is C27H36N2O3Si. The molecular weight excluding hydrogens is 428 g/mol. The number of aromatic nitrogens is 1. The van der Waals surface area contributed by atoms with E-state index < -0.39 is 13.7 Å². The molecule has 0 radical (unpaired) electrons. The van der Waals surface area contributed by atoms with Gasteiger partial charge in [0, 0.05) is 37.0 Å². The fraction of sp³-hybridized carbons (Fsp3) is 0.481. The van der Waals surface area contributed by atoms with Gasteiger partial charge >= 0.3 is 6.09 Å². The summed E-state index contributed by atoms with van der Waals surface area (Å²) in [7, 11) is -1.43. The number of para-hydroxylation sites is 1. The number of amides is 1. The molecule has 1 unspecified atom stereocenters. The summed E-state index contributed by atoms with van der Waals surface area (Å²) < 4.78 is 7.21. The van der Waals surface area contributed by atoms with Gasteiger partial charge in [-0.05, 0) is 50.8 Å². The highest BCUT2D eigenvalue weighted by Crippen LogP contribution is 2.36. The Kier molecular flexibility index (Phi) is 6.16. The molecule has 0 N–H and O–H groups in total. The first-order chi connectivity index (χ1) is 15.4. The van der Waals surface area contributed by atoms with Crippen molar-refractivity contribution < 1.29 is 14.3 Å². The van der Waals surface area contributed by atoms with E-state index in [4.69, 9.17) is 4.74 Å². The van der Waals surface area contributed by atoms with Gasteiger partial charge in [-0.3, -0.25) is 9.36 Å². The van der Waals surface area contributed by atoms with Gasteiger partial charge in [0.2, 0.25) is 5.91 Å². The van der Waals surface area contributed by atoms with E-state index in [1.165, 1.54) is 5.57 Å². The number of fused-ring (bicyclic) bond motifs is 2. The second kappa shape index (κ2) is 8.63. The molecule has 176 valence electrons. The largest absolute Gasteiger partial charge is 0.443 e. The molecule has 1 aromatic carbocycles. The molecule has 2 heterocycles. The first-order valence-electron chi connectivity index (χ1n) is 11.9. The lowest BCUT2D eigenvalue weighted by Gasteiger charge is -2.39. The molecule has 2 aromatic rings. The van der Waals surface area contributed by atoms with Gasteiger partial charge < -0.3 is 9.64 Å². The Morgan fingerprint density at radius 3 is 2.61 bits per heavy atom. The van der Waals surface area contributed by atoms with Crippen molar-refractivity contribution in [3.63, 3.8) is 0 Å². The van der Waals surface area contributed by atoms with Gasteiger partial charge in [-0.1, -0.05) is 55.2 Å². The van der Waals surface area contributed by atoms with Crippen LogP contribution in [0.1, 0.15) is 39.2 Å². The third-order valence-electron chi connectivity index (χ3n) is 6.58. The number of rotatable bonds is 4. The number of carbonyl (C=O) groups is 2. The summed E-state index contributed by atoms with van der Waals surface area (Å²) in [5, 5.41) is 2.64. The van der Waals surface area contributed by atoms with Crippen molar-refractivity contribution in [3.8, 4) is 0 Å². The van der Waals surface area contributed by atoms with Gasteiger partial charge in [-0.25, -0.2) is 4.79 Å². The van der Waals surface area contributed by atoms with Gasteiger partial charge in [-0.2, -0.15) is 0 Å². The van der Waals surface area contributed by atoms with Gasteiger partial charge in [0.1, 0.15) is 5.60 Å². The summed E-state index contributed by atoms with van der Waals surface area (Å²) in [4.78, 5) is 27.8. The fourth-order valence-corrected chi connectivity index (χ4v) is 6.95. The van der Waals surface area contributed by atoms with Gasteiger partial charge in [0.25, 0.3) is 0 Å². The second-order valence-corrected chi connectivity index (χ2v) is 16.4. The number of hydrogen-bond acceptors (Lipinski definition) is 3. The zero-order chi connectivity index (χ0) is 24.0.